The van der Waals surface area contributed by atoms with E-state index in [0.29, 0.717) is 17.9 Å². The van der Waals surface area contributed by atoms with Crippen LogP contribution in [0, 0.1) is 23.7 Å². The molecule has 6 rings (SSSR count). The lowest BCUT2D eigenvalue weighted by Crippen LogP contribution is -2.53. The fraction of sp³-hybridized carbons (Fsp3) is 0.667. The fourth-order valence-electron chi connectivity index (χ4n) is 10.2. The van der Waals surface area contributed by atoms with Crippen LogP contribution in [0.2, 0.25) is 0 Å². The second kappa shape index (κ2) is 28.8. The quantitative estimate of drug-likeness (QED) is 0.0588. The van der Waals surface area contributed by atoms with Gasteiger partial charge in [0, 0.05) is 71.5 Å². The highest BCUT2D eigenvalue weighted by Crippen LogP contribution is 2.38. The average molecular weight is 1100 g/mol. The van der Waals surface area contributed by atoms with Crippen LogP contribution in [0.1, 0.15) is 130 Å². The van der Waals surface area contributed by atoms with E-state index in [0.717, 1.165) is 94.5 Å². The number of nitrogens with zero attached hydrogens (tertiary/aromatic N) is 5. The van der Waals surface area contributed by atoms with Gasteiger partial charge in [0.1, 0.15) is 24.2 Å². The summed E-state index contributed by atoms with van der Waals surface area (Å²) in [6, 6.07) is 11.2. The normalized spacial score (nSPS) is 18.0. The second-order valence-corrected chi connectivity index (χ2v) is 22.4. The van der Waals surface area contributed by atoms with Crippen molar-refractivity contribution >= 4 is 58.9 Å². The third-order valence-corrected chi connectivity index (χ3v) is 16.2. The molecule has 4 fully saturated rings. The van der Waals surface area contributed by atoms with E-state index in [4.69, 9.17) is 18.9 Å². The zero-order valence-corrected chi connectivity index (χ0v) is 48.4. The number of hydrogen-bond acceptors (Lipinski definition) is 15. The van der Waals surface area contributed by atoms with Gasteiger partial charge < -0.3 is 53.9 Å². The van der Waals surface area contributed by atoms with Gasteiger partial charge in [-0.25, -0.2) is 19.2 Å². The van der Waals surface area contributed by atoms with Gasteiger partial charge in [-0.3, -0.25) is 19.2 Å². The molecule has 0 aliphatic heterocycles. The number of carboxylic acids is 1. The summed E-state index contributed by atoms with van der Waals surface area (Å²) >= 11 is 0. The van der Waals surface area contributed by atoms with Crippen LogP contribution in [0.25, 0.3) is 0 Å². The molecule has 0 saturated heterocycles. The molecule has 3 amide bonds. The van der Waals surface area contributed by atoms with Crippen molar-refractivity contribution in [2.24, 2.45) is 23.7 Å². The van der Waals surface area contributed by atoms with E-state index in [-0.39, 0.29) is 49.9 Å². The van der Waals surface area contributed by atoms with E-state index in [1.54, 1.807) is 7.05 Å². The van der Waals surface area contributed by atoms with Gasteiger partial charge in [0.2, 0.25) is 0 Å². The molecule has 8 atom stereocenters. The fourth-order valence-corrected chi connectivity index (χ4v) is 10.2. The molecule has 0 unspecified atom stereocenters. The summed E-state index contributed by atoms with van der Waals surface area (Å²) in [5.74, 6) is -5.77. The summed E-state index contributed by atoms with van der Waals surface area (Å²) in [7, 11) is 6.02. The molecule has 0 radical (unpaired) electrons. The number of anilines is 2. The molecule has 0 bridgehead atoms. The van der Waals surface area contributed by atoms with Crippen LogP contribution < -0.4 is 15.1 Å². The highest BCUT2D eigenvalue weighted by molar-refractivity contribution is 5.93. The Balaban J connectivity index is 1.21. The van der Waals surface area contributed by atoms with Gasteiger partial charge in [0.05, 0.1) is 0 Å². The number of carbonyl (C=O) groups is 8. The van der Waals surface area contributed by atoms with Crippen LogP contribution in [0.4, 0.5) is 11.4 Å². The van der Waals surface area contributed by atoms with Gasteiger partial charge >= 0.3 is 29.8 Å². The predicted octanol–water partition coefficient (Wildman–Crippen LogP) is 6.21. The maximum atomic E-state index is 14.7. The first-order chi connectivity index (χ1) is 37.7. The van der Waals surface area contributed by atoms with Crippen molar-refractivity contribution in [2.45, 2.75) is 180 Å². The van der Waals surface area contributed by atoms with Gasteiger partial charge in [-0.2, -0.15) is 0 Å². The minimum absolute atomic E-state index is 0.0575. The number of benzene rings is 2. The number of carbonyl (C=O) groups excluding carboxylic acids is 7. The van der Waals surface area contributed by atoms with Crippen molar-refractivity contribution in [1.82, 2.24) is 20.0 Å². The molecule has 4 saturated carbocycles. The van der Waals surface area contributed by atoms with Crippen LogP contribution in [-0.2, 0) is 70.1 Å². The molecule has 19 nitrogen and oxygen atoms in total. The number of hydrogen-bond donors (Lipinski definition) is 2. The highest BCUT2D eigenvalue weighted by atomic mass is 16.6. The van der Waals surface area contributed by atoms with Crippen LogP contribution in [0.5, 0.6) is 0 Å². The largest absolute Gasteiger partial charge is 0.479 e. The van der Waals surface area contributed by atoms with Crippen LogP contribution >= 0.6 is 0 Å². The van der Waals surface area contributed by atoms with Crippen molar-refractivity contribution in [3.05, 3.63) is 59.7 Å². The van der Waals surface area contributed by atoms with E-state index < -0.39 is 96.2 Å². The number of rotatable bonds is 34. The number of esters is 4. The maximum absolute atomic E-state index is 14.7. The first kappa shape index (κ1) is 62.0. The van der Waals surface area contributed by atoms with Crippen molar-refractivity contribution in [1.29, 1.82) is 0 Å². The molecule has 0 spiro atoms. The summed E-state index contributed by atoms with van der Waals surface area (Å²) in [6.07, 6.45) is 2.59. The lowest BCUT2D eigenvalue weighted by Gasteiger charge is -2.33. The van der Waals surface area contributed by atoms with Crippen molar-refractivity contribution in [2.75, 3.05) is 64.2 Å². The first-order valence-corrected chi connectivity index (χ1v) is 28.9. The van der Waals surface area contributed by atoms with Gasteiger partial charge in [0.15, 0.2) is 24.4 Å². The second-order valence-electron chi connectivity index (χ2n) is 22.4. The Hall–Kier alpha value is -6.24. The van der Waals surface area contributed by atoms with Gasteiger partial charge in [-0.1, -0.05) is 75.6 Å². The third-order valence-electron chi connectivity index (χ3n) is 16.2. The molecule has 4 aliphatic rings. The lowest BCUT2D eigenvalue weighted by atomic mass is 10.0. The number of ether oxygens (including phenoxy) is 4. The molecule has 2 aromatic carbocycles. The zero-order valence-electron chi connectivity index (χ0n) is 48.4. The minimum atomic E-state index is -1.47. The van der Waals surface area contributed by atoms with E-state index in [9.17, 15) is 43.5 Å². The molecule has 436 valence electrons. The van der Waals surface area contributed by atoms with Crippen LogP contribution in [0.15, 0.2) is 48.5 Å². The molecular formula is C60H88N6O13. The number of likely N-dealkylation sites (N-methyl/N-ethyl adjacent to an activating group) is 4. The Morgan fingerprint density at radius 3 is 1.13 bits per heavy atom. The Morgan fingerprint density at radius 1 is 0.481 bits per heavy atom. The van der Waals surface area contributed by atoms with Crippen molar-refractivity contribution in [3.63, 3.8) is 0 Å². The molecule has 4 aliphatic carbocycles. The topological polar surface area (TPSA) is 222 Å². The molecule has 19 heteroatoms. The van der Waals surface area contributed by atoms with Gasteiger partial charge in [-0.05, 0) is 133 Å². The molecule has 0 heterocycles. The smallest absolute Gasteiger partial charge is 0.344 e. The molecular weight excluding hydrogens is 1010 g/mol. The lowest BCUT2D eigenvalue weighted by molar-refractivity contribution is -0.174. The molecule has 2 aromatic rings. The number of nitrogens with one attached hydrogen (secondary N) is 1. The van der Waals surface area contributed by atoms with E-state index >= 15 is 0 Å². The number of carboxylic acid groups (broad SMARTS) is 1. The Bertz CT molecular complexity index is 2400. The summed E-state index contributed by atoms with van der Waals surface area (Å²) in [5.41, 5.74) is 3.40. The number of aliphatic carboxylic acids is 1. The van der Waals surface area contributed by atoms with Crippen LogP contribution in [0.3, 0.4) is 0 Å². The monoisotopic (exact) mass is 1100 g/mol. The average Bonchev–Trinajstić information content (AvgIpc) is 4.22. The SMILES string of the molecule is CCN(CC)c1ccc(C[C@@H](OC(=O)[C@H](CC2CC2)NC)C(=O)N(C)[C@@H](CC2CC2)C(=O)O[C@H](C)C(=O)N(C)[C@@H](CC2CC2)C(=O)O[C@H](Cc2ccc(N(CC)CC)cc2)C(=O)N(C)[C@@H](CC2CC2)C(=O)O[C@H](C)C(=O)O)cc1. The Kier molecular flexibility index (Phi) is 22.6. The van der Waals surface area contributed by atoms with Gasteiger partial charge in [-0.15, -0.1) is 0 Å². The maximum Gasteiger partial charge on any atom is 0.344 e. The Labute approximate surface area is 467 Å². The molecule has 0 aromatic heterocycles. The third kappa shape index (κ3) is 17.9. The first-order valence-electron chi connectivity index (χ1n) is 28.9. The van der Waals surface area contributed by atoms with Gasteiger partial charge in [0.25, 0.3) is 17.7 Å². The summed E-state index contributed by atoms with van der Waals surface area (Å²) in [4.78, 5) is 120. The minimum Gasteiger partial charge on any atom is -0.479 e. The summed E-state index contributed by atoms with van der Waals surface area (Å²) < 4.78 is 23.5. The van der Waals surface area contributed by atoms with Crippen LogP contribution in [-0.4, -0.2) is 170 Å². The van der Waals surface area contributed by atoms with E-state index in [2.05, 4.69) is 29.0 Å². The summed E-state index contributed by atoms with van der Waals surface area (Å²) in [5, 5.41) is 12.6. The van der Waals surface area contributed by atoms with E-state index in [1.807, 2.05) is 62.4 Å². The standard InChI is InChI=1S/C60H88N6O13/c1-11-65(12-2)45-27-23-43(24-28-45)35-51(78-57(72)47(61-7)31-39-15-16-39)54(68)63(9)48(32-40-17-18-40)58(73)76-37(5)53(67)62(8)50(34-42-21-22-42)60(75)79-52(36-44-25-29-46(30-26-44)66(13-3)14-4)55(69)64(10)49(33-41-19-20-41)59(74)77-38(6)56(70)71/h23-30,37-42,47-52,61H,11-22,31-36H2,1-10H3,(H,70,71)/t37-,38-,47+,48+,49+,50+,51-,52-/m1/s1. The molecule has 79 heavy (non-hydrogen) atoms. The van der Waals surface area contributed by atoms with Crippen molar-refractivity contribution < 1.29 is 62.4 Å². The molecule has 2 N–H and O–H groups in total. The predicted molar refractivity (Wildman–Crippen MR) is 298 cm³/mol. The Morgan fingerprint density at radius 2 is 0.797 bits per heavy atom. The zero-order chi connectivity index (χ0) is 57.7. The van der Waals surface area contributed by atoms with E-state index in [1.165, 1.54) is 49.7 Å². The highest BCUT2D eigenvalue weighted by Gasteiger charge is 2.44. The van der Waals surface area contributed by atoms with Crippen molar-refractivity contribution in [3.8, 4) is 0 Å². The number of amides is 3. The summed E-state index contributed by atoms with van der Waals surface area (Å²) in [6.45, 7) is 14.0.